The van der Waals surface area contributed by atoms with Crippen molar-refractivity contribution in [1.82, 2.24) is 15.2 Å². The van der Waals surface area contributed by atoms with Gasteiger partial charge in [0.05, 0.1) is 19.4 Å². The number of carbonyl (C=O) groups excluding carboxylic acids is 2. The average Bonchev–Trinajstić information content (AvgIpc) is 3.45. The van der Waals surface area contributed by atoms with Crippen molar-refractivity contribution in [3.8, 4) is 17.0 Å². The van der Waals surface area contributed by atoms with Crippen LogP contribution >= 0.6 is 11.3 Å². The van der Waals surface area contributed by atoms with Gasteiger partial charge < -0.3 is 9.47 Å². The van der Waals surface area contributed by atoms with E-state index in [9.17, 15) is 9.59 Å². The Labute approximate surface area is 171 Å². The van der Waals surface area contributed by atoms with E-state index in [1.165, 1.54) is 18.4 Å². The molecule has 0 bridgehead atoms. The highest BCUT2D eigenvalue weighted by atomic mass is 32.1. The molecule has 0 saturated heterocycles. The molecule has 0 unspecified atom stereocenters. The molecule has 3 heterocycles. The van der Waals surface area contributed by atoms with Crippen molar-refractivity contribution in [2.75, 3.05) is 19.0 Å². The average molecular weight is 412 g/mol. The molecule has 3 aromatic rings. The third-order valence-electron chi connectivity index (χ3n) is 4.58. The van der Waals surface area contributed by atoms with Crippen LogP contribution in [0.1, 0.15) is 51.2 Å². The Morgan fingerprint density at radius 2 is 2.14 bits per heavy atom. The number of methoxy groups -OCH3 is 1. The van der Waals surface area contributed by atoms with Crippen LogP contribution in [0.2, 0.25) is 0 Å². The molecular formula is C20H20N4O4S. The van der Waals surface area contributed by atoms with E-state index in [-0.39, 0.29) is 17.5 Å². The number of fused-ring (bicyclic) bond motifs is 1. The van der Waals surface area contributed by atoms with Crippen LogP contribution in [0, 0.1) is 0 Å². The fourth-order valence-corrected chi connectivity index (χ4v) is 4.07. The van der Waals surface area contributed by atoms with Crippen LogP contribution in [0.15, 0.2) is 24.3 Å². The van der Waals surface area contributed by atoms with Gasteiger partial charge in [0.25, 0.3) is 5.91 Å². The van der Waals surface area contributed by atoms with Gasteiger partial charge in [-0.2, -0.15) is 5.10 Å². The standard InChI is InChI=1S/C20H20N4O4S/c1-10(2)17-16(19(26)27-3)21-20(29-17)22-18(25)14-9-13(23-24-14)11-4-5-15-12(8-11)6-7-28-15/h4-5,8-10H,6-7H2,1-3H3,(H,23,24)(H,21,22,25). The number of thiazole rings is 1. The smallest absolute Gasteiger partial charge is 0.357 e. The second kappa shape index (κ2) is 7.67. The van der Waals surface area contributed by atoms with Crippen LogP contribution in [0.25, 0.3) is 11.3 Å². The van der Waals surface area contributed by atoms with E-state index in [1.807, 2.05) is 32.0 Å². The monoisotopic (exact) mass is 412 g/mol. The molecule has 2 N–H and O–H groups in total. The fraction of sp³-hybridized carbons (Fsp3) is 0.300. The van der Waals surface area contributed by atoms with E-state index >= 15 is 0 Å². The molecule has 9 heteroatoms. The summed E-state index contributed by atoms with van der Waals surface area (Å²) in [7, 11) is 1.31. The number of amides is 1. The number of nitrogens with zero attached hydrogens (tertiary/aromatic N) is 2. The van der Waals surface area contributed by atoms with E-state index in [0.717, 1.165) is 28.2 Å². The summed E-state index contributed by atoms with van der Waals surface area (Å²) in [6.45, 7) is 4.59. The fourth-order valence-electron chi connectivity index (χ4n) is 3.12. The molecule has 1 aliphatic heterocycles. The maximum absolute atomic E-state index is 12.6. The minimum Gasteiger partial charge on any atom is -0.493 e. The summed E-state index contributed by atoms with van der Waals surface area (Å²) in [4.78, 5) is 29.6. The van der Waals surface area contributed by atoms with Gasteiger partial charge in [-0.15, -0.1) is 11.3 Å². The molecule has 0 saturated carbocycles. The molecular weight excluding hydrogens is 392 g/mol. The van der Waals surface area contributed by atoms with Crippen molar-refractivity contribution in [1.29, 1.82) is 0 Å². The first-order valence-electron chi connectivity index (χ1n) is 9.18. The van der Waals surface area contributed by atoms with E-state index in [4.69, 9.17) is 9.47 Å². The van der Waals surface area contributed by atoms with Gasteiger partial charge in [-0.05, 0) is 35.7 Å². The summed E-state index contributed by atoms with van der Waals surface area (Å²) in [6.07, 6.45) is 0.867. The third kappa shape index (κ3) is 3.73. The van der Waals surface area contributed by atoms with E-state index in [2.05, 4.69) is 20.5 Å². The molecule has 0 spiro atoms. The van der Waals surface area contributed by atoms with E-state index in [0.29, 0.717) is 23.1 Å². The lowest BCUT2D eigenvalue weighted by atomic mass is 10.1. The van der Waals surface area contributed by atoms with Crippen molar-refractivity contribution in [3.05, 3.63) is 46.1 Å². The molecule has 2 aromatic heterocycles. The minimum atomic E-state index is -0.519. The summed E-state index contributed by atoms with van der Waals surface area (Å²) in [5.74, 6) is 0.0757. The van der Waals surface area contributed by atoms with Crippen LogP contribution in [-0.2, 0) is 11.2 Å². The third-order valence-corrected chi connectivity index (χ3v) is 5.86. The van der Waals surface area contributed by atoms with Crippen LogP contribution in [0.4, 0.5) is 5.13 Å². The first-order valence-corrected chi connectivity index (χ1v) is 9.99. The van der Waals surface area contributed by atoms with Crippen molar-refractivity contribution >= 4 is 28.3 Å². The van der Waals surface area contributed by atoms with Crippen molar-refractivity contribution in [3.63, 3.8) is 0 Å². The van der Waals surface area contributed by atoms with E-state index < -0.39 is 5.97 Å². The minimum absolute atomic E-state index is 0.0785. The SMILES string of the molecule is COC(=O)c1nc(NC(=O)c2cc(-c3ccc4c(c3)CCO4)n[nH]2)sc1C(C)C. The first kappa shape index (κ1) is 19.1. The quantitative estimate of drug-likeness (QED) is 0.620. The molecule has 0 radical (unpaired) electrons. The molecule has 1 aliphatic rings. The van der Waals surface area contributed by atoms with Crippen molar-refractivity contribution in [2.24, 2.45) is 0 Å². The summed E-state index contributed by atoms with van der Waals surface area (Å²) < 4.78 is 10.3. The highest BCUT2D eigenvalue weighted by Gasteiger charge is 2.23. The molecule has 8 nitrogen and oxygen atoms in total. The summed E-state index contributed by atoms with van der Waals surface area (Å²) in [5.41, 5.74) is 3.25. The number of anilines is 1. The maximum atomic E-state index is 12.6. The normalized spacial score (nSPS) is 12.6. The first-order chi connectivity index (χ1) is 14.0. The molecule has 1 aromatic carbocycles. The number of hydrogen-bond acceptors (Lipinski definition) is 7. The predicted octanol–water partition coefficient (Wildman–Crippen LogP) is 3.63. The van der Waals surface area contributed by atoms with Gasteiger partial charge in [0.1, 0.15) is 11.4 Å². The maximum Gasteiger partial charge on any atom is 0.357 e. The Bertz CT molecular complexity index is 1090. The number of esters is 1. The zero-order valence-corrected chi connectivity index (χ0v) is 17.1. The van der Waals surface area contributed by atoms with E-state index in [1.54, 1.807) is 6.07 Å². The number of hydrogen-bond donors (Lipinski definition) is 2. The Balaban J connectivity index is 1.53. The summed E-state index contributed by atoms with van der Waals surface area (Å²) >= 11 is 1.26. The van der Waals surface area contributed by atoms with Gasteiger partial charge in [-0.3, -0.25) is 15.2 Å². The Morgan fingerprint density at radius 3 is 2.90 bits per heavy atom. The number of carbonyl (C=O) groups is 2. The lowest BCUT2D eigenvalue weighted by Gasteiger charge is -2.02. The number of H-pyrrole nitrogens is 1. The largest absolute Gasteiger partial charge is 0.493 e. The lowest BCUT2D eigenvalue weighted by Crippen LogP contribution is -2.12. The molecule has 4 rings (SSSR count). The Hall–Kier alpha value is -3.20. The number of nitrogens with one attached hydrogen (secondary N) is 2. The molecule has 0 fully saturated rings. The molecule has 150 valence electrons. The highest BCUT2D eigenvalue weighted by molar-refractivity contribution is 7.16. The van der Waals surface area contributed by atoms with Crippen molar-refractivity contribution < 1.29 is 19.1 Å². The molecule has 1 amide bonds. The van der Waals surface area contributed by atoms with Crippen molar-refractivity contribution in [2.45, 2.75) is 26.2 Å². The van der Waals surface area contributed by atoms with Crippen LogP contribution in [0.5, 0.6) is 5.75 Å². The summed E-state index contributed by atoms with van der Waals surface area (Å²) in [6, 6.07) is 7.55. The molecule has 0 aliphatic carbocycles. The van der Waals surface area contributed by atoms with Crippen LogP contribution < -0.4 is 10.1 Å². The predicted molar refractivity (Wildman–Crippen MR) is 109 cm³/mol. The van der Waals surface area contributed by atoms with Gasteiger partial charge in [-0.1, -0.05) is 13.8 Å². The highest BCUT2D eigenvalue weighted by Crippen LogP contribution is 2.32. The van der Waals surface area contributed by atoms with Gasteiger partial charge in [0.15, 0.2) is 10.8 Å². The number of ether oxygens (including phenoxy) is 2. The summed E-state index contributed by atoms with van der Waals surface area (Å²) in [5, 5.41) is 10.1. The van der Waals surface area contributed by atoms with Gasteiger partial charge in [-0.25, -0.2) is 9.78 Å². The zero-order valence-electron chi connectivity index (χ0n) is 16.2. The Morgan fingerprint density at radius 1 is 1.31 bits per heavy atom. The second-order valence-corrected chi connectivity index (χ2v) is 7.95. The number of benzene rings is 1. The topological polar surface area (TPSA) is 106 Å². The number of aromatic amines is 1. The van der Waals surface area contributed by atoms with Crippen LogP contribution in [0.3, 0.4) is 0 Å². The van der Waals surface area contributed by atoms with Crippen LogP contribution in [-0.4, -0.2) is 40.8 Å². The van der Waals surface area contributed by atoms with Gasteiger partial charge in [0.2, 0.25) is 0 Å². The number of rotatable bonds is 5. The Kier molecular flexibility index (Phi) is 5.06. The lowest BCUT2D eigenvalue weighted by molar-refractivity contribution is 0.0593. The van der Waals surface area contributed by atoms with Gasteiger partial charge in [0, 0.05) is 16.9 Å². The van der Waals surface area contributed by atoms with Gasteiger partial charge >= 0.3 is 5.97 Å². The second-order valence-electron chi connectivity index (χ2n) is 6.92. The molecule has 29 heavy (non-hydrogen) atoms. The molecule has 0 atom stereocenters. The number of aromatic nitrogens is 3. The zero-order chi connectivity index (χ0) is 20.5.